The third-order valence-electron chi connectivity index (χ3n) is 7.58. The Kier molecular flexibility index (Phi) is 4.15. The largest absolute Gasteiger partial charge is 0.492 e. The second kappa shape index (κ2) is 6.88. The zero-order chi connectivity index (χ0) is 22.9. The van der Waals surface area contributed by atoms with Gasteiger partial charge in [-0.15, -0.1) is 0 Å². The van der Waals surface area contributed by atoms with Crippen molar-refractivity contribution in [1.29, 1.82) is 0 Å². The highest BCUT2D eigenvalue weighted by Gasteiger charge is 2.70. The molecular formula is C28H23NO4. The van der Waals surface area contributed by atoms with Gasteiger partial charge in [-0.2, -0.15) is 0 Å². The van der Waals surface area contributed by atoms with Gasteiger partial charge in [0.15, 0.2) is 0 Å². The number of hydrogen-bond donors (Lipinski definition) is 0. The number of Topliss-reactive ketones (excluding diaryl/α,β-unsaturated/α-hetero) is 1. The molecule has 2 bridgehead atoms. The van der Waals surface area contributed by atoms with Gasteiger partial charge >= 0.3 is 0 Å². The normalized spacial score (nSPS) is 26.6. The molecule has 1 fully saturated rings. The van der Waals surface area contributed by atoms with Crippen LogP contribution in [-0.4, -0.2) is 24.2 Å². The minimum absolute atomic E-state index is 0.114. The molecule has 7 rings (SSSR count). The van der Waals surface area contributed by atoms with Crippen molar-refractivity contribution in [1.82, 2.24) is 0 Å². The quantitative estimate of drug-likeness (QED) is 0.573. The summed E-state index contributed by atoms with van der Waals surface area (Å²) < 4.78 is 5.75. The summed E-state index contributed by atoms with van der Waals surface area (Å²) in [5.74, 6) is -1.92. The third kappa shape index (κ3) is 2.29. The van der Waals surface area contributed by atoms with Crippen molar-refractivity contribution in [3.8, 4) is 5.75 Å². The van der Waals surface area contributed by atoms with E-state index in [1.54, 1.807) is 25.1 Å². The maximum atomic E-state index is 14.1. The van der Waals surface area contributed by atoms with Crippen LogP contribution in [0.25, 0.3) is 0 Å². The summed E-state index contributed by atoms with van der Waals surface area (Å²) in [5.41, 5.74) is 2.89. The number of anilines is 1. The van der Waals surface area contributed by atoms with E-state index in [4.69, 9.17) is 4.74 Å². The number of carbonyl (C=O) groups is 3. The number of ketones is 1. The highest BCUT2D eigenvalue weighted by atomic mass is 16.5. The van der Waals surface area contributed by atoms with Crippen LogP contribution in [0.15, 0.2) is 72.8 Å². The Morgan fingerprint density at radius 1 is 0.879 bits per heavy atom. The van der Waals surface area contributed by atoms with E-state index < -0.39 is 17.3 Å². The zero-order valence-electron chi connectivity index (χ0n) is 18.4. The molecule has 2 unspecified atom stereocenters. The Hall–Kier alpha value is -3.73. The van der Waals surface area contributed by atoms with E-state index >= 15 is 0 Å². The molecule has 2 atom stereocenters. The van der Waals surface area contributed by atoms with Crippen molar-refractivity contribution in [2.45, 2.75) is 25.2 Å². The number of ether oxygens (including phenoxy) is 1. The summed E-state index contributed by atoms with van der Waals surface area (Å²) in [6.07, 6.45) is 0. The molecule has 5 nitrogen and oxygen atoms in total. The van der Waals surface area contributed by atoms with E-state index in [2.05, 4.69) is 0 Å². The molecule has 3 aromatic rings. The summed E-state index contributed by atoms with van der Waals surface area (Å²) in [6.45, 7) is 3.82. The Morgan fingerprint density at radius 2 is 1.45 bits per heavy atom. The Bertz CT molecular complexity index is 1300. The Labute approximate surface area is 192 Å². The van der Waals surface area contributed by atoms with Gasteiger partial charge in [0.05, 0.1) is 29.5 Å². The molecular weight excluding hydrogens is 414 g/mol. The van der Waals surface area contributed by atoms with Gasteiger partial charge < -0.3 is 4.74 Å². The van der Waals surface area contributed by atoms with Gasteiger partial charge in [0, 0.05) is 5.92 Å². The number of imide groups is 1. The SMILES string of the molecule is CCOc1ccccc1N1C(=O)C2C3c4ccccc4C(C(C)=O)(c4ccccc43)C2C1=O. The lowest BCUT2D eigenvalue weighted by Gasteiger charge is -2.52. The smallest absolute Gasteiger partial charge is 0.239 e. The second-order valence-electron chi connectivity index (χ2n) is 8.93. The van der Waals surface area contributed by atoms with E-state index in [1.165, 1.54) is 4.90 Å². The number of amides is 2. The number of rotatable bonds is 4. The lowest BCUT2D eigenvalue weighted by molar-refractivity contribution is -0.132. The van der Waals surface area contributed by atoms with Crippen LogP contribution in [0.1, 0.15) is 42.0 Å². The van der Waals surface area contributed by atoms with Crippen molar-refractivity contribution in [2.24, 2.45) is 11.8 Å². The lowest BCUT2D eigenvalue weighted by atomic mass is 9.46. The summed E-state index contributed by atoms with van der Waals surface area (Å²) >= 11 is 0. The van der Waals surface area contributed by atoms with Crippen molar-refractivity contribution in [3.05, 3.63) is 95.1 Å². The van der Waals surface area contributed by atoms with Gasteiger partial charge in [-0.3, -0.25) is 14.4 Å². The molecule has 33 heavy (non-hydrogen) atoms. The first-order chi connectivity index (χ1) is 16.0. The third-order valence-corrected chi connectivity index (χ3v) is 7.58. The zero-order valence-corrected chi connectivity index (χ0v) is 18.4. The molecule has 3 aliphatic carbocycles. The van der Waals surface area contributed by atoms with Crippen LogP contribution in [0.3, 0.4) is 0 Å². The monoisotopic (exact) mass is 437 g/mol. The van der Waals surface area contributed by atoms with Crippen LogP contribution in [0.2, 0.25) is 0 Å². The molecule has 0 aromatic heterocycles. The average Bonchev–Trinajstić information content (AvgIpc) is 3.10. The van der Waals surface area contributed by atoms with Gasteiger partial charge in [-0.05, 0) is 48.2 Å². The molecule has 1 saturated heterocycles. The maximum Gasteiger partial charge on any atom is 0.239 e. The highest BCUT2D eigenvalue weighted by molar-refractivity contribution is 6.26. The highest BCUT2D eigenvalue weighted by Crippen LogP contribution is 2.64. The number of hydrogen-bond acceptors (Lipinski definition) is 4. The summed E-state index contributed by atoms with van der Waals surface area (Å²) in [5, 5.41) is 0. The molecule has 164 valence electrons. The fraction of sp³-hybridized carbons (Fsp3) is 0.250. The lowest BCUT2D eigenvalue weighted by Crippen LogP contribution is -2.57. The van der Waals surface area contributed by atoms with Crippen LogP contribution >= 0.6 is 0 Å². The predicted molar refractivity (Wildman–Crippen MR) is 123 cm³/mol. The van der Waals surface area contributed by atoms with Crippen LogP contribution in [0.4, 0.5) is 5.69 Å². The molecule has 0 saturated carbocycles. The summed E-state index contributed by atoms with van der Waals surface area (Å²) in [4.78, 5) is 43.0. The van der Waals surface area contributed by atoms with E-state index in [0.717, 1.165) is 22.3 Å². The minimum atomic E-state index is -1.19. The molecule has 1 heterocycles. The van der Waals surface area contributed by atoms with E-state index in [-0.39, 0.29) is 23.5 Å². The average molecular weight is 437 g/mol. The van der Waals surface area contributed by atoms with Gasteiger partial charge in [-0.25, -0.2) is 4.90 Å². The number of para-hydroxylation sites is 2. The minimum Gasteiger partial charge on any atom is -0.492 e. The molecule has 3 aromatic carbocycles. The summed E-state index contributed by atoms with van der Waals surface area (Å²) in [6, 6.07) is 22.7. The van der Waals surface area contributed by atoms with Crippen molar-refractivity contribution in [2.75, 3.05) is 11.5 Å². The standard InChI is InChI=1S/C28H23NO4/c1-3-33-22-15-9-8-14-21(22)29-26(31)24-23-17-10-4-6-12-19(17)28(16(2)30,25(24)27(29)32)20-13-7-5-11-18(20)23/h4-15,23-25H,3H2,1-2H3. The van der Waals surface area contributed by atoms with Crippen LogP contribution in [0.5, 0.6) is 5.75 Å². The molecule has 1 aliphatic heterocycles. The molecule has 2 amide bonds. The van der Waals surface area contributed by atoms with Crippen molar-refractivity contribution in [3.63, 3.8) is 0 Å². The van der Waals surface area contributed by atoms with Crippen molar-refractivity contribution >= 4 is 23.3 Å². The van der Waals surface area contributed by atoms with E-state index in [0.29, 0.717) is 18.0 Å². The van der Waals surface area contributed by atoms with Gasteiger partial charge in [-0.1, -0.05) is 60.7 Å². The first kappa shape index (κ1) is 19.9. The van der Waals surface area contributed by atoms with Crippen LogP contribution < -0.4 is 9.64 Å². The van der Waals surface area contributed by atoms with Crippen LogP contribution in [-0.2, 0) is 19.8 Å². The topological polar surface area (TPSA) is 63.7 Å². The second-order valence-corrected chi connectivity index (χ2v) is 8.93. The Balaban J connectivity index is 1.64. The predicted octanol–water partition coefficient (Wildman–Crippen LogP) is 4.23. The maximum absolute atomic E-state index is 14.1. The van der Waals surface area contributed by atoms with Gasteiger partial charge in [0.25, 0.3) is 0 Å². The Morgan fingerprint density at radius 3 is 2.06 bits per heavy atom. The molecule has 5 heteroatoms. The van der Waals surface area contributed by atoms with Crippen molar-refractivity contribution < 1.29 is 19.1 Å². The molecule has 4 aliphatic rings. The van der Waals surface area contributed by atoms with E-state index in [1.807, 2.05) is 61.5 Å². The molecule has 0 spiro atoms. The summed E-state index contributed by atoms with van der Waals surface area (Å²) in [7, 11) is 0. The molecule has 0 radical (unpaired) electrons. The first-order valence-corrected chi connectivity index (χ1v) is 11.3. The number of nitrogens with zero attached hydrogens (tertiary/aromatic N) is 1. The number of benzene rings is 3. The van der Waals surface area contributed by atoms with Gasteiger partial charge in [0.2, 0.25) is 11.8 Å². The molecule has 0 N–H and O–H groups in total. The first-order valence-electron chi connectivity index (χ1n) is 11.3. The fourth-order valence-electron chi connectivity index (χ4n) is 6.53. The van der Waals surface area contributed by atoms with Crippen LogP contribution in [0, 0.1) is 11.8 Å². The van der Waals surface area contributed by atoms with E-state index in [9.17, 15) is 14.4 Å². The fourth-order valence-corrected chi connectivity index (χ4v) is 6.53. The van der Waals surface area contributed by atoms with Gasteiger partial charge in [0.1, 0.15) is 11.5 Å². The number of carbonyl (C=O) groups excluding carboxylic acids is 3.